The van der Waals surface area contributed by atoms with Crippen molar-refractivity contribution in [2.24, 2.45) is 0 Å². The first-order chi connectivity index (χ1) is 12.6. The molecular weight excluding hydrogens is 354 g/mol. The number of halogens is 1. The number of piperazine rings is 1. The molecule has 1 aromatic carbocycles. The van der Waals surface area contributed by atoms with Gasteiger partial charge >= 0.3 is 0 Å². The van der Waals surface area contributed by atoms with Crippen molar-refractivity contribution in [2.45, 2.75) is 6.42 Å². The molecule has 1 saturated heterocycles. The van der Waals surface area contributed by atoms with Crippen molar-refractivity contribution in [1.82, 2.24) is 15.1 Å². The first-order valence-corrected chi connectivity index (χ1v) is 9.06. The maximum absolute atomic E-state index is 12.2. The Morgan fingerprint density at radius 3 is 2.46 bits per heavy atom. The maximum Gasteiger partial charge on any atom is 0.289 e. The molecule has 3 rings (SSSR count). The molecule has 0 bridgehead atoms. The van der Waals surface area contributed by atoms with Crippen molar-refractivity contribution >= 4 is 23.4 Å². The zero-order chi connectivity index (χ0) is 18.4. The van der Waals surface area contributed by atoms with Crippen molar-refractivity contribution < 1.29 is 14.0 Å². The van der Waals surface area contributed by atoms with E-state index >= 15 is 0 Å². The Morgan fingerprint density at radius 1 is 1.08 bits per heavy atom. The zero-order valence-corrected chi connectivity index (χ0v) is 15.2. The Morgan fingerprint density at radius 2 is 1.81 bits per heavy atom. The normalized spacial score (nSPS) is 15.0. The predicted molar refractivity (Wildman–Crippen MR) is 99.2 cm³/mol. The molecule has 2 heterocycles. The van der Waals surface area contributed by atoms with Crippen molar-refractivity contribution in [3.8, 4) is 0 Å². The summed E-state index contributed by atoms with van der Waals surface area (Å²) in [7, 11) is 0. The van der Waals surface area contributed by atoms with Crippen molar-refractivity contribution in [3.05, 3.63) is 59.0 Å². The van der Waals surface area contributed by atoms with Crippen molar-refractivity contribution in [3.63, 3.8) is 0 Å². The Kier molecular flexibility index (Phi) is 6.30. The van der Waals surface area contributed by atoms with Crippen LogP contribution in [0.3, 0.4) is 0 Å². The van der Waals surface area contributed by atoms with E-state index in [9.17, 15) is 9.59 Å². The van der Waals surface area contributed by atoms with Crippen LogP contribution in [0.5, 0.6) is 0 Å². The summed E-state index contributed by atoms with van der Waals surface area (Å²) in [4.78, 5) is 28.2. The number of nitrogens with zero attached hydrogens (tertiary/aromatic N) is 2. The Hall–Kier alpha value is -2.31. The minimum atomic E-state index is -0.0640. The molecular formula is C19H22ClN3O3. The molecule has 1 aliphatic rings. The largest absolute Gasteiger partial charge is 0.459 e. The van der Waals surface area contributed by atoms with E-state index in [0.29, 0.717) is 36.8 Å². The van der Waals surface area contributed by atoms with Crippen LogP contribution in [0.4, 0.5) is 0 Å². The lowest BCUT2D eigenvalue weighted by Gasteiger charge is -2.34. The summed E-state index contributed by atoms with van der Waals surface area (Å²) in [5, 5.41) is 3.61. The molecule has 0 unspecified atom stereocenters. The van der Waals surface area contributed by atoms with Gasteiger partial charge in [-0.3, -0.25) is 14.5 Å². The lowest BCUT2D eigenvalue weighted by Crippen LogP contribution is -2.50. The van der Waals surface area contributed by atoms with E-state index in [2.05, 4.69) is 10.2 Å². The zero-order valence-electron chi connectivity index (χ0n) is 14.5. The molecule has 0 atom stereocenters. The molecule has 0 spiro atoms. The smallest absolute Gasteiger partial charge is 0.289 e. The highest BCUT2D eigenvalue weighted by molar-refractivity contribution is 6.30. The molecule has 1 fully saturated rings. The fourth-order valence-electron chi connectivity index (χ4n) is 2.93. The quantitative estimate of drug-likeness (QED) is 0.839. The van der Waals surface area contributed by atoms with E-state index in [0.717, 1.165) is 25.2 Å². The van der Waals surface area contributed by atoms with Crippen LogP contribution in [0.15, 0.2) is 47.1 Å². The van der Waals surface area contributed by atoms with Gasteiger partial charge in [0.2, 0.25) is 5.91 Å². The van der Waals surface area contributed by atoms with Crippen LogP contribution in [0.25, 0.3) is 0 Å². The number of carbonyl (C=O) groups excluding carboxylic acids is 2. The minimum absolute atomic E-state index is 0.000967. The molecule has 0 saturated carbocycles. The average Bonchev–Trinajstić information content (AvgIpc) is 3.18. The van der Waals surface area contributed by atoms with E-state index in [1.807, 2.05) is 12.1 Å². The molecule has 1 N–H and O–H groups in total. The van der Waals surface area contributed by atoms with Gasteiger partial charge < -0.3 is 14.6 Å². The molecule has 1 aliphatic heterocycles. The van der Waals surface area contributed by atoms with E-state index in [1.54, 1.807) is 29.2 Å². The SMILES string of the molecule is O=C(Cc1ccc(Cl)cc1)NCCN1CCN(C(=O)c2ccco2)CC1. The molecule has 0 radical (unpaired) electrons. The molecule has 26 heavy (non-hydrogen) atoms. The third kappa shape index (κ3) is 5.09. The lowest BCUT2D eigenvalue weighted by atomic mass is 10.1. The Labute approximate surface area is 157 Å². The van der Waals surface area contributed by atoms with E-state index in [-0.39, 0.29) is 11.8 Å². The molecule has 7 heteroatoms. The molecule has 0 aliphatic carbocycles. The third-order valence-electron chi connectivity index (χ3n) is 4.42. The maximum atomic E-state index is 12.2. The van der Waals surface area contributed by atoms with Crippen LogP contribution in [0.1, 0.15) is 16.1 Å². The first kappa shape index (κ1) is 18.5. The van der Waals surface area contributed by atoms with Crippen LogP contribution in [-0.2, 0) is 11.2 Å². The minimum Gasteiger partial charge on any atom is -0.459 e. The summed E-state index contributed by atoms with van der Waals surface area (Å²) in [6.45, 7) is 4.28. The monoisotopic (exact) mass is 375 g/mol. The van der Waals surface area contributed by atoms with Crippen LogP contribution < -0.4 is 5.32 Å². The van der Waals surface area contributed by atoms with Gasteiger partial charge in [0.15, 0.2) is 5.76 Å². The van der Waals surface area contributed by atoms with Gasteiger partial charge in [-0.25, -0.2) is 0 Å². The highest BCUT2D eigenvalue weighted by atomic mass is 35.5. The number of rotatable bonds is 6. The van der Waals surface area contributed by atoms with E-state index < -0.39 is 0 Å². The van der Waals surface area contributed by atoms with Gasteiger partial charge in [-0.2, -0.15) is 0 Å². The number of benzene rings is 1. The van der Waals surface area contributed by atoms with Crippen LogP contribution in [0.2, 0.25) is 5.02 Å². The number of furan rings is 1. The number of amides is 2. The van der Waals surface area contributed by atoms with Gasteiger partial charge in [-0.15, -0.1) is 0 Å². The van der Waals surface area contributed by atoms with Crippen molar-refractivity contribution in [1.29, 1.82) is 0 Å². The summed E-state index contributed by atoms with van der Waals surface area (Å²) in [6.07, 6.45) is 1.86. The van der Waals surface area contributed by atoms with Crippen LogP contribution in [0, 0.1) is 0 Å². The number of carbonyl (C=O) groups is 2. The lowest BCUT2D eigenvalue weighted by molar-refractivity contribution is -0.120. The summed E-state index contributed by atoms with van der Waals surface area (Å²) < 4.78 is 5.16. The summed E-state index contributed by atoms with van der Waals surface area (Å²) >= 11 is 5.84. The summed E-state index contributed by atoms with van der Waals surface area (Å²) in [5.74, 6) is 0.317. The van der Waals surface area contributed by atoms with Gasteiger partial charge in [-0.1, -0.05) is 23.7 Å². The second-order valence-electron chi connectivity index (χ2n) is 6.26. The predicted octanol–water partition coefficient (Wildman–Crippen LogP) is 2.05. The van der Waals surface area contributed by atoms with Gasteiger partial charge in [0, 0.05) is 44.3 Å². The van der Waals surface area contributed by atoms with E-state index in [4.69, 9.17) is 16.0 Å². The molecule has 2 amide bonds. The second-order valence-corrected chi connectivity index (χ2v) is 6.70. The Bertz CT molecular complexity index is 723. The molecule has 2 aromatic rings. The fraction of sp³-hybridized carbons (Fsp3) is 0.368. The van der Waals surface area contributed by atoms with Gasteiger partial charge in [-0.05, 0) is 29.8 Å². The number of hydrogen-bond acceptors (Lipinski definition) is 4. The average molecular weight is 376 g/mol. The van der Waals surface area contributed by atoms with Crippen LogP contribution >= 0.6 is 11.6 Å². The topological polar surface area (TPSA) is 65.8 Å². The standard InChI is InChI=1S/C19H22ClN3O3/c20-16-5-3-15(4-6-16)14-18(24)21-7-8-22-9-11-23(12-10-22)19(25)17-2-1-13-26-17/h1-6,13H,7-12,14H2,(H,21,24). The van der Waals surface area contributed by atoms with Gasteiger partial charge in [0.25, 0.3) is 5.91 Å². The third-order valence-corrected chi connectivity index (χ3v) is 4.67. The van der Waals surface area contributed by atoms with Crippen molar-refractivity contribution in [2.75, 3.05) is 39.3 Å². The highest BCUT2D eigenvalue weighted by Gasteiger charge is 2.23. The van der Waals surface area contributed by atoms with E-state index in [1.165, 1.54) is 6.26 Å². The summed E-state index contributed by atoms with van der Waals surface area (Å²) in [6, 6.07) is 10.7. The second kappa shape index (κ2) is 8.87. The van der Waals surface area contributed by atoms with Crippen LogP contribution in [-0.4, -0.2) is 60.9 Å². The van der Waals surface area contributed by atoms with Gasteiger partial charge in [0.1, 0.15) is 0 Å². The molecule has 1 aromatic heterocycles. The fourth-order valence-corrected chi connectivity index (χ4v) is 3.06. The summed E-state index contributed by atoms with van der Waals surface area (Å²) in [5.41, 5.74) is 0.942. The molecule has 138 valence electrons. The molecule has 6 nitrogen and oxygen atoms in total. The number of nitrogens with one attached hydrogen (secondary N) is 1. The van der Waals surface area contributed by atoms with Gasteiger partial charge in [0.05, 0.1) is 12.7 Å². The Balaban J connectivity index is 1.34. The first-order valence-electron chi connectivity index (χ1n) is 8.68. The highest BCUT2D eigenvalue weighted by Crippen LogP contribution is 2.10. The number of hydrogen-bond donors (Lipinski definition) is 1.